The lowest BCUT2D eigenvalue weighted by atomic mass is 9.99. The van der Waals surface area contributed by atoms with Gasteiger partial charge >= 0.3 is 0 Å². The van der Waals surface area contributed by atoms with Crippen LogP contribution in [0.3, 0.4) is 0 Å². The lowest BCUT2D eigenvalue weighted by Crippen LogP contribution is -2.57. The van der Waals surface area contributed by atoms with E-state index in [1.807, 2.05) is 42.5 Å². The Bertz CT molecular complexity index is 1290. The van der Waals surface area contributed by atoms with E-state index in [9.17, 15) is 14.7 Å². The first kappa shape index (κ1) is 25.8. The predicted molar refractivity (Wildman–Crippen MR) is 141 cm³/mol. The predicted octanol–water partition coefficient (Wildman–Crippen LogP) is 3.84. The number of ether oxygens (including phenoxy) is 3. The molecule has 8 nitrogen and oxygen atoms in total. The maximum atomic E-state index is 13.2. The second-order valence-corrected chi connectivity index (χ2v) is 9.65. The molecule has 2 amide bonds. The summed E-state index contributed by atoms with van der Waals surface area (Å²) >= 11 is 0. The van der Waals surface area contributed by atoms with Crippen LogP contribution in [-0.4, -0.2) is 54.2 Å². The minimum Gasteiger partial charge on any atom is -0.493 e. The minimum atomic E-state index is -0.340. The lowest BCUT2D eigenvalue weighted by molar-refractivity contribution is -0.124. The zero-order valence-corrected chi connectivity index (χ0v) is 21.4. The summed E-state index contributed by atoms with van der Waals surface area (Å²) in [7, 11) is 1.60. The van der Waals surface area contributed by atoms with Crippen molar-refractivity contribution in [2.24, 2.45) is 0 Å². The Hall–Kier alpha value is -3.88. The number of piperidine rings is 1. The molecule has 0 aromatic heterocycles. The van der Waals surface area contributed by atoms with Crippen molar-refractivity contribution in [1.82, 2.24) is 10.2 Å². The molecule has 8 heteroatoms. The summed E-state index contributed by atoms with van der Waals surface area (Å²) in [5.74, 6) is 1.68. The van der Waals surface area contributed by atoms with Gasteiger partial charge in [-0.15, -0.1) is 0 Å². The van der Waals surface area contributed by atoms with Crippen LogP contribution in [-0.2, 0) is 29.2 Å². The van der Waals surface area contributed by atoms with Crippen molar-refractivity contribution in [2.45, 2.75) is 44.6 Å². The average molecular weight is 517 g/mol. The van der Waals surface area contributed by atoms with Gasteiger partial charge in [-0.05, 0) is 65.9 Å². The fraction of sp³-hybridized carbons (Fsp3) is 0.333. The Balaban J connectivity index is 1.37. The highest BCUT2D eigenvalue weighted by Gasteiger charge is 2.33. The summed E-state index contributed by atoms with van der Waals surface area (Å²) < 4.78 is 17.9. The van der Waals surface area contributed by atoms with Crippen LogP contribution in [0.1, 0.15) is 39.9 Å². The average Bonchev–Trinajstić information content (AvgIpc) is 2.95. The van der Waals surface area contributed by atoms with Gasteiger partial charge in [0.1, 0.15) is 5.75 Å². The van der Waals surface area contributed by atoms with Crippen molar-refractivity contribution in [2.75, 3.05) is 20.2 Å². The van der Waals surface area contributed by atoms with Gasteiger partial charge in [-0.1, -0.05) is 30.3 Å². The number of carbonyl (C=O) groups is 2. The van der Waals surface area contributed by atoms with Crippen molar-refractivity contribution in [3.8, 4) is 17.2 Å². The number of hydrogen-bond acceptors (Lipinski definition) is 6. The topological polar surface area (TPSA) is 97.3 Å². The number of rotatable bonds is 3. The molecule has 0 radical (unpaired) electrons. The maximum absolute atomic E-state index is 13.2. The van der Waals surface area contributed by atoms with Crippen LogP contribution in [0.4, 0.5) is 0 Å². The first-order valence-electron chi connectivity index (χ1n) is 12.9. The van der Waals surface area contributed by atoms with Gasteiger partial charge in [0.05, 0.1) is 32.5 Å². The number of aliphatic hydroxyl groups is 1. The monoisotopic (exact) mass is 516 g/mol. The van der Waals surface area contributed by atoms with Crippen LogP contribution in [0.15, 0.2) is 66.7 Å². The van der Waals surface area contributed by atoms with Crippen LogP contribution < -0.4 is 14.8 Å². The van der Waals surface area contributed by atoms with E-state index in [1.165, 1.54) is 0 Å². The van der Waals surface area contributed by atoms with E-state index in [0.717, 1.165) is 16.7 Å². The molecule has 1 fully saturated rings. The number of nitrogens with zero attached hydrogens (tertiary/aromatic N) is 1. The summed E-state index contributed by atoms with van der Waals surface area (Å²) in [6.07, 6.45) is 1.18. The summed E-state index contributed by atoms with van der Waals surface area (Å²) in [5, 5.41) is 12.4. The van der Waals surface area contributed by atoms with Crippen molar-refractivity contribution >= 4 is 11.8 Å². The fourth-order valence-corrected chi connectivity index (χ4v) is 4.91. The lowest BCUT2D eigenvalue weighted by Gasteiger charge is -2.39. The molecule has 2 heterocycles. The molecule has 198 valence electrons. The number of hydrogen-bond donors (Lipinski definition) is 2. The van der Waals surface area contributed by atoms with Gasteiger partial charge in [-0.3, -0.25) is 9.59 Å². The molecular formula is C30H32N2O6. The van der Waals surface area contributed by atoms with Crippen LogP contribution in [0.25, 0.3) is 0 Å². The Morgan fingerprint density at radius 1 is 1.08 bits per heavy atom. The largest absolute Gasteiger partial charge is 0.493 e. The third kappa shape index (κ3) is 5.98. The van der Waals surface area contributed by atoms with Crippen molar-refractivity contribution < 1.29 is 28.9 Å². The van der Waals surface area contributed by atoms with Gasteiger partial charge in [-0.25, -0.2) is 0 Å². The molecule has 3 aromatic carbocycles. The van der Waals surface area contributed by atoms with E-state index in [0.29, 0.717) is 61.8 Å². The smallest absolute Gasteiger partial charge is 0.253 e. The van der Waals surface area contributed by atoms with Gasteiger partial charge in [0, 0.05) is 25.1 Å². The molecule has 2 aliphatic heterocycles. The quantitative estimate of drug-likeness (QED) is 0.549. The molecule has 5 rings (SSSR count). The van der Waals surface area contributed by atoms with Gasteiger partial charge in [0.15, 0.2) is 11.5 Å². The number of benzene rings is 3. The SMILES string of the molecule is COc1ccc2cc1Oc1cccc(c1)CO[C@@H]1CCN(C(=O)c3ccc(CO)cc3)C[C@@H]1NC(=O)CC2. The first-order valence-corrected chi connectivity index (χ1v) is 12.9. The van der Waals surface area contributed by atoms with Gasteiger partial charge in [0.2, 0.25) is 5.91 Å². The highest BCUT2D eigenvalue weighted by Crippen LogP contribution is 2.33. The molecule has 2 atom stereocenters. The van der Waals surface area contributed by atoms with Crippen molar-refractivity contribution in [1.29, 1.82) is 0 Å². The number of fused-ring (bicyclic) bond motifs is 5. The fourth-order valence-electron chi connectivity index (χ4n) is 4.91. The number of nitrogens with one attached hydrogen (secondary N) is 1. The number of likely N-dealkylation sites (tertiary alicyclic amines) is 1. The van der Waals surface area contributed by atoms with E-state index >= 15 is 0 Å². The van der Waals surface area contributed by atoms with Crippen LogP contribution in [0.5, 0.6) is 17.2 Å². The van der Waals surface area contributed by atoms with E-state index in [-0.39, 0.29) is 30.6 Å². The Kier molecular flexibility index (Phi) is 7.91. The molecule has 0 saturated carbocycles. The third-order valence-electron chi connectivity index (χ3n) is 7.03. The molecule has 2 aliphatic rings. The number of amides is 2. The Morgan fingerprint density at radius 3 is 2.71 bits per heavy atom. The summed E-state index contributed by atoms with van der Waals surface area (Å²) in [6.45, 7) is 1.15. The summed E-state index contributed by atoms with van der Waals surface area (Å²) in [5.41, 5.74) is 3.21. The van der Waals surface area contributed by atoms with Crippen molar-refractivity contribution in [3.05, 3.63) is 89.0 Å². The van der Waals surface area contributed by atoms with Crippen molar-refractivity contribution in [3.63, 3.8) is 0 Å². The van der Waals surface area contributed by atoms with Crippen LogP contribution in [0, 0.1) is 0 Å². The zero-order valence-electron chi connectivity index (χ0n) is 21.4. The molecule has 4 bridgehead atoms. The zero-order chi connectivity index (χ0) is 26.5. The normalized spacial score (nSPS) is 19.7. The number of aryl methyl sites for hydroxylation is 1. The highest BCUT2D eigenvalue weighted by atomic mass is 16.5. The van der Waals surface area contributed by atoms with Gasteiger partial charge in [-0.2, -0.15) is 0 Å². The molecular weight excluding hydrogens is 484 g/mol. The van der Waals surface area contributed by atoms with Crippen LogP contribution in [0.2, 0.25) is 0 Å². The van der Waals surface area contributed by atoms with Gasteiger partial charge < -0.3 is 29.5 Å². The second-order valence-electron chi connectivity index (χ2n) is 9.65. The van der Waals surface area contributed by atoms with E-state index in [4.69, 9.17) is 14.2 Å². The molecule has 0 aliphatic carbocycles. The Morgan fingerprint density at radius 2 is 1.92 bits per heavy atom. The van der Waals surface area contributed by atoms with E-state index in [2.05, 4.69) is 5.32 Å². The van der Waals surface area contributed by atoms with E-state index in [1.54, 1.807) is 36.3 Å². The molecule has 1 saturated heterocycles. The standard InChI is InChI=1S/C30H32N2O6/c1-36-27-11-7-20-8-12-29(34)31-25-17-32(30(35)23-9-5-21(18-33)6-10-23)14-13-26(25)37-19-22-3-2-4-24(15-22)38-28(27)16-20/h2-7,9-11,15-16,25-26,33H,8,12-14,17-19H2,1H3,(H,31,34)/t25-,26+/m0/s1. The summed E-state index contributed by atoms with van der Waals surface area (Å²) in [4.78, 5) is 28.0. The Labute approximate surface area is 222 Å². The third-order valence-corrected chi connectivity index (χ3v) is 7.03. The number of methoxy groups -OCH3 is 1. The highest BCUT2D eigenvalue weighted by molar-refractivity contribution is 5.94. The molecule has 3 aromatic rings. The molecule has 2 N–H and O–H groups in total. The van der Waals surface area contributed by atoms with Gasteiger partial charge in [0.25, 0.3) is 5.91 Å². The second kappa shape index (κ2) is 11.7. The summed E-state index contributed by atoms with van der Waals surface area (Å²) in [6, 6.07) is 20.0. The molecule has 0 unspecified atom stereocenters. The molecule has 0 spiro atoms. The maximum Gasteiger partial charge on any atom is 0.253 e. The molecule has 38 heavy (non-hydrogen) atoms. The number of aliphatic hydroxyl groups excluding tert-OH is 1. The van der Waals surface area contributed by atoms with Crippen LogP contribution >= 0.6 is 0 Å². The number of carbonyl (C=O) groups excluding carboxylic acids is 2. The first-order chi connectivity index (χ1) is 18.5. The minimum absolute atomic E-state index is 0.0712. The van der Waals surface area contributed by atoms with E-state index < -0.39 is 0 Å².